The molecule has 2 rings (SSSR count). The Balaban J connectivity index is 2.27. The molecule has 0 aromatic carbocycles. The molecule has 0 fully saturated rings. The largest absolute Gasteiger partial charge is 0.416 e. The van der Waals surface area contributed by atoms with Gasteiger partial charge in [0.2, 0.25) is 5.89 Å². The molecule has 0 aliphatic carbocycles. The van der Waals surface area contributed by atoms with Crippen LogP contribution in [-0.2, 0) is 0 Å². The van der Waals surface area contributed by atoms with Crippen LogP contribution in [0.4, 0.5) is 0 Å². The van der Waals surface area contributed by atoms with Crippen molar-refractivity contribution in [2.45, 2.75) is 30.2 Å². The molecule has 0 radical (unpaired) electrons. The summed E-state index contributed by atoms with van der Waals surface area (Å²) in [6.07, 6.45) is 1.09. The predicted molar refractivity (Wildman–Crippen MR) is 58.0 cm³/mol. The van der Waals surface area contributed by atoms with Gasteiger partial charge in [-0.15, -0.1) is 10.2 Å². The van der Waals surface area contributed by atoms with E-state index in [1.54, 1.807) is 26.1 Å². The summed E-state index contributed by atoms with van der Waals surface area (Å²) < 4.78 is 5.24. The topological polar surface area (TPSA) is 72.0 Å². The number of aliphatic hydroxyl groups excluding tert-OH is 1. The smallest absolute Gasteiger partial charge is 0.282 e. The molecule has 0 saturated heterocycles. The zero-order valence-electron chi connectivity index (χ0n) is 8.91. The molecule has 16 heavy (non-hydrogen) atoms. The molecule has 0 bridgehead atoms. The fourth-order valence-corrected chi connectivity index (χ4v) is 2.09. The molecular formula is C10H11N3O2S. The van der Waals surface area contributed by atoms with Gasteiger partial charge >= 0.3 is 0 Å². The van der Waals surface area contributed by atoms with Crippen molar-refractivity contribution in [1.82, 2.24) is 15.2 Å². The maximum absolute atomic E-state index is 9.57. The molecule has 0 aliphatic rings. The van der Waals surface area contributed by atoms with Crippen LogP contribution in [0.15, 0.2) is 33.0 Å². The molecular weight excluding hydrogens is 226 g/mol. The summed E-state index contributed by atoms with van der Waals surface area (Å²) in [5.41, 5.74) is 0.753. The summed E-state index contributed by atoms with van der Waals surface area (Å²) in [6, 6.07) is 3.61. The van der Waals surface area contributed by atoms with Crippen LogP contribution in [0.2, 0.25) is 0 Å². The van der Waals surface area contributed by atoms with Gasteiger partial charge in [0.05, 0.1) is 6.10 Å². The van der Waals surface area contributed by atoms with Gasteiger partial charge in [-0.2, -0.15) is 0 Å². The van der Waals surface area contributed by atoms with E-state index in [0.717, 1.165) is 5.56 Å². The van der Waals surface area contributed by atoms with E-state index in [9.17, 15) is 5.11 Å². The van der Waals surface area contributed by atoms with Crippen LogP contribution in [-0.4, -0.2) is 20.3 Å². The van der Waals surface area contributed by atoms with Crippen molar-refractivity contribution >= 4 is 11.8 Å². The van der Waals surface area contributed by atoms with E-state index in [1.807, 2.05) is 6.07 Å². The Morgan fingerprint density at radius 1 is 1.44 bits per heavy atom. The zero-order valence-corrected chi connectivity index (χ0v) is 9.73. The first-order valence-corrected chi connectivity index (χ1v) is 5.59. The van der Waals surface area contributed by atoms with Crippen molar-refractivity contribution in [3.63, 3.8) is 0 Å². The van der Waals surface area contributed by atoms with E-state index in [1.165, 1.54) is 11.8 Å². The van der Waals surface area contributed by atoms with E-state index in [0.29, 0.717) is 16.1 Å². The minimum atomic E-state index is -0.569. The monoisotopic (exact) mass is 237 g/mol. The van der Waals surface area contributed by atoms with Gasteiger partial charge in [-0.1, -0.05) is 6.07 Å². The lowest BCUT2D eigenvalue weighted by molar-refractivity contribution is 0.195. The summed E-state index contributed by atoms with van der Waals surface area (Å²) in [4.78, 5) is 4.18. The average Bonchev–Trinajstić information content (AvgIpc) is 2.64. The van der Waals surface area contributed by atoms with Crippen molar-refractivity contribution in [2.24, 2.45) is 0 Å². The lowest BCUT2D eigenvalue weighted by atomic mass is 10.2. The summed E-state index contributed by atoms with van der Waals surface area (Å²) >= 11 is 1.25. The quantitative estimate of drug-likeness (QED) is 0.880. The Morgan fingerprint density at radius 2 is 2.25 bits per heavy atom. The molecule has 2 aromatic rings. The van der Waals surface area contributed by atoms with E-state index in [-0.39, 0.29) is 0 Å². The number of nitrogens with zero attached hydrogens (tertiary/aromatic N) is 3. The van der Waals surface area contributed by atoms with Gasteiger partial charge < -0.3 is 9.52 Å². The van der Waals surface area contributed by atoms with E-state index in [4.69, 9.17) is 4.42 Å². The highest BCUT2D eigenvalue weighted by Gasteiger charge is 2.13. The lowest BCUT2D eigenvalue weighted by Crippen LogP contribution is -1.95. The second kappa shape index (κ2) is 4.63. The molecule has 0 unspecified atom stereocenters. The molecule has 1 atom stereocenters. The molecule has 0 saturated carbocycles. The maximum Gasteiger partial charge on any atom is 0.282 e. The summed E-state index contributed by atoms with van der Waals surface area (Å²) in [6.45, 7) is 3.42. The first-order valence-electron chi connectivity index (χ1n) is 4.78. The van der Waals surface area contributed by atoms with Gasteiger partial charge in [0.1, 0.15) is 5.03 Å². The van der Waals surface area contributed by atoms with Gasteiger partial charge in [-0.25, -0.2) is 4.98 Å². The number of rotatable bonds is 3. The molecule has 0 amide bonds. The number of aromatic nitrogens is 3. The highest BCUT2D eigenvalue weighted by molar-refractivity contribution is 7.99. The molecule has 84 valence electrons. The highest BCUT2D eigenvalue weighted by atomic mass is 32.2. The minimum Gasteiger partial charge on any atom is -0.416 e. The average molecular weight is 237 g/mol. The van der Waals surface area contributed by atoms with Gasteiger partial charge in [0.15, 0.2) is 0 Å². The third kappa shape index (κ3) is 2.40. The van der Waals surface area contributed by atoms with Crippen molar-refractivity contribution in [3.05, 3.63) is 29.8 Å². The van der Waals surface area contributed by atoms with Crippen LogP contribution in [0.3, 0.4) is 0 Å². The molecule has 1 N–H and O–H groups in total. The molecule has 2 heterocycles. The normalized spacial score (nSPS) is 12.7. The third-order valence-electron chi connectivity index (χ3n) is 1.94. The van der Waals surface area contributed by atoms with Crippen LogP contribution in [0.1, 0.15) is 24.5 Å². The second-order valence-electron chi connectivity index (χ2n) is 3.26. The fourth-order valence-electron chi connectivity index (χ4n) is 1.21. The Hall–Kier alpha value is -1.40. The predicted octanol–water partition coefficient (Wildman–Crippen LogP) is 1.98. The van der Waals surface area contributed by atoms with Crippen LogP contribution < -0.4 is 0 Å². The third-order valence-corrected chi connectivity index (χ3v) is 2.82. The van der Waals surface area contributed by atoms with E-state index >= 15 is 0 Å². The minimum absolute atomic E-state index is 0.429. The number of hydrogen-bond acceptors (Lipinski definition) is 6. The fraction of sp³-hybridized carbons (Fsp3) is 0.300. The first-order chi connectivity index (χ1) is 7.66. The zero-order chi connectivity index (χ0) is 11.5. The van der Waals surface area contributed by atoms with Crippen molar-refractivity contribution < 1.29 is 9.52 Å². The van der Waals surface area contributed by atoms with Crippen LogP contribution in [0.25, 0.3) is 0 Å². The van der Waals surface area contributed by atoms with Gasteiger partial charge in [0.25, 0.3) is 5.22 Å². The Labute approximate surface area is 96.9 Å². The lowest BCUT2D eigenvalue weighted by Gasteiger charge is -2.07. The molecule has 5 nitrogen and oxygen atoms in total. The summed E-state index contributed by atoms with van der Waals surface area (Å²) in [5.74, 6) is 0.511. The number of aryl methyl sites for hydroxylation is 1. The van der Waals surface area contributed by atoms with Crippen LogP contribution in [0, 0.1) is 6.92 Å². The SMILES string of the molecule is Cc1nnc(Sc2ncccc2[C@H](C)O)o1. The number of pyridine rings is 1. The number of hydrogen-bond donors (Lipinski definition) is 1. The molecule has 0 spiro atoms. The Bertz CT molecular complexity index is 484. The first kappa shape index (κ1) is 11.1. The van der Waals surface area contributed by atoms with Gasteiger partial charge in [-0.05, 0) is 24.8 Å². The Kier molecular flexibility index (Phi) is 3.21. The molecule has 2 aromatic heterocycles. The maximum atomic E-state index is 9.57. The highest BCUT2D eigenvalue weighted by Crippen LogP contribution is 2.30. The Morgan fingerprint density at radius 3 is 2.88 bits per heavy atom. The summed E-state index contributed by atoms with van der Waals surface area (Å²) in [7, 11) is 0. The van der Waals surface area contributed by atoms with Crippen molar-refractivity contribution in [2.75, 3.05) is 0 Å². The van der Waals surface area contributed by atoms with E-state index in [2.05, 4.69) is 15.2 Å². The summed E-state index contributed by atoms with van der Waals surface area (Å²) in [5, 5.41) is 18.3. The molecule has 6 heteroatoms. The number of aliphatic hydroxyl groups is 1. The van der Waals surface area contributed by atoms with Crippen LogP contribution >= 0.6 is 11.8 Å². The van der Waals surface area contributed by atoms with Crippen molar-refractivity contribution in [1.29, 1.82) is 0 Å². The standard InChI is InChI=1S/C10H11N3O2S/c1-6(14)8-4-3-5-11-9(8)16-10-13-12-7(2)15-10/h3-6,14H,1-2H3/t6-/m0/s1. The van der Waals surface area contributed by atoms with Crippen molar-refractivity contribution in [3.8, 4) is 0 Å². The second-order valence-corrected chi connectivity index (χ2v) is 4.20. The molecule has 0 aliphatic heterocycles. The van der Waals surface area contributed by atoms with Gasteiger partial charge in [0, 0.05) is 18.7 Å². The van der Waals surface area contributed by atoms with E-state index < -0.39 is 6.10 Å². The van der Waals surface area contributed by atoms with Crippen LogP contribution in [0.5, 0.6) is 0 Å². The van der Waals surface area contributed by atoms with Gasteiger partial charge in [-0.3, -0.25) is 0 Å².